The Morgan fingerprint density at radius 3 is 2.97 bits per heavy atom. The van der Waals surface area contributed by atoms with Crippen LogP contribution in [0.1, 0.15) is 58.6 Å². The number of nitrogens with one attached hydrogen (secondary N) is 3. The Hall–Kier alpha value is -3.71. The van der Waals surface area contributed by atoms with Crippen LogP contribution in [0.25, 0.3) is 0 Å². The number of H-pyrrole nitrogens is 1. The van der Waals surface area contributed by atoms with Crippen LogP contribution in [0.2, 0.25) is 0 Å². The van der Waals surface area contributed by atoms with Crippen molar-refractivity contribution in [2.45, 2.75) is 58.1 Å². The van der Waals surface area contributed by atoms with Crippen LogP contribution < -0.4 is 10.6 Å². The van der Waals surface area contributed by atoms with Crippen molar-refractivity contribution in [3.05, 3.63) is 63.5 Å². The van der Waals surface area contributed by atoms with Gasteiger partial charge in [-0.05, 0) is 37.5 Å². The zero-order valence-corrected chi connectivity index (χ0v) is 19.9. The average molecular weight is 479 g/mol. The second kappa shape index (κ2) is 10.5. The molecule has 2 amide bonds. The van der Waals surface area contributed by atoms with Crippen LogP contribution in [-0.4, -0.2) is 33.3 Å². The number of fused-ring (bicyclic) bond motifs is 1. The van der Waals surface area contributed by atoms with Gasteiger partial charge < -0.3 is 15.4 Å². The first-order chi connectivity index (χ1) is 16.4. The first-order valence-corrected chi connectivity index (χ1v) is 12.0. The van der Waals surface area contributed by atoms with Crippen molar-refractivity contribution in [3.8, 4) is 6.07 Å². The highest BCUT2D eigenvalue weighted by Crippen LogP contribution is 2.38. The largest absolute Gasteiger partial charge is 0.446 e. The Morgan fingerprint density at radius 1 is 1.41 bits per heavy atom. The van der Waals surface area contributed by atoms with Crippen LogP contribution in [0.3, 0.4) is 0 Å². The van der Waals surface area contributed by atoms with E-state index in [1.54, 1.807) is 12.4 Å². The van der Waals surface area contributed by atoms with Gasteiger partial charge in [0.2, 0.25) is 5.91 Å². The molecule has 0 radical (unpaired) electrons. The summed E-state index contributed by atoms with van der Waals surface area (Å²) in [6.45, 7) is 4.15. The Morgan fingerprint density at radius 2 is 2.26 bits per heavy atom. The molecular weight excluding hydrogens is 452 g/mol. The summed E-state index contributed by atoms with van der Waals surface area (Å²) in [5.41, 5.74) is 4.03. The van der Waals surface area contributed by atoms with Crippen LogP contribution in [0.5, 0.6) is 0 Å². The van der Waals surface area contributed by atoms with Crippen molar-refractivity contribution in [2.24, 2.45) is 0 Å². The molecule has 2 atom stereocenters. The van der Waals surface area contributed by atoms with Gasteiger partial charge in [-0.25, -0.2) is 4.79 Å². The second-order valence-corrected chi connectivity index (χ2v) is 9.45. The second-order valence-electron chi connectivity index (χ2n) is 8.35. The number of aryl methyl sites for hydroxylation is 1. The van der Waals surface area contributed by atoms with E-state index in [0.717, 1.165) is 27.4 Å². The molecule has 4 rings (SSSR count). The SMILES string of the molecule is Cc1n[nH]cc1CNC(=O)OC1CCc2c(sc(NC(=O)CC(C)c3ccccn3)c2C#N)C1. The number of rotatable bonds is 7. The van der Waals surface area contributed by atoms with E-state index in [1.165, 1.54) is 11.3 Å². The lowest BCUT2D eigenvalue weighted by Crippen LogP contribution is -2.31. The standard InChI is InChI=1S/C24H26N6O3S/c1-14(20-5-3-4-8-26-20)9-22(31)29-23-19(11-25)18-7-6-17(10-21(18)34-23)33-24(32)27-12-16-13-28-30-15(16)2/h3-5,8,13-14,17H,6-7,9-10,12H2,1-2H3,(H,27,32)(H,28,30)(H,29,31). The number of amides is 2. The number of nitriles is 1. The summed E-state index contributed by atoms with van der Waals surface area (Å²) in [6.07, 6.45) is 4.72. The van der Waals surface area contributed by atoms with E-state index in [9.17, 15) is 14.9 Å². The van der Waals surface area contributed by atoms with Gasteiger partial charge in [0.05, 0.1) is 11.3 Å². The number of carbonyl (C=O) groups excluding carboxylic acids is 2. The first kappa shape index (κ1) is 23.4. The molecule has 3 N–H and O–H groups in total. The molecule has 1 aliphatic carbocycles. The van der Waals surface area contributed by atoms with Crippen LogP contribution in [0, 0.1) is 18.3 Å². The molecule has 176 valence electrons. The molecule has 34 heavy (non-hydrogen) atoms. The summed E-state index contributed by atoms with van der Waals surface area (Å²) in [4.78, 5) is 30.2. The van der Waals surface area contributed by atoms with Gasteiger partial charge >= 0.3 is 6.09 Å². The van der Waals surface area contributed by atoms with Gasteiger partial charge in [-0.15, -0.1) is 11.3 Å². The number of nitrogens with zero attached hydrogens (tertiary/aromatic N) is 3. The molecule has 0 bridgehead atoms. The highest BCUT2D eigenvalue weighted by atomic mass is 32.1. The molecule has 0 saturated heterocycles. The van der Waals surface area contributed by atoms with Gasteiger partial charge in [0.1, 0.15) is 17.2 Å². The number of pyridine rings is 1. The number of anilines is 1. The maximum absolute atomic E-state index is 12.7. The number of ether oxygens (including phenoxy) is 1. The fourth-order valence-corrected chi connectivity index (χ4v) is 5.29. The van der Waals surface area contributed by atoms with Crippen LogP contribution in [-0.2, 0) is 28.9 Å². The Bertz CT molecular complexity index is 1210. The highest BCUT2D eigenvalue weighted by molar-refractivity contribution is 7.16. The zero-order valence-electron chi connectivity index (χ0n) is 19.1. The molecular formula is C24H26N6O3S. The normalized spacial score (nSPS) is 15.6. The molecule has 3 aromatic rings. The van der Waals surface area contributed by atoms with Crippen molar-refractivity contribution >= 4 is 28.3 Å². The zero-order chi connectivity index (χ0) is 24.1. The number of hydrogen-bond donors (Lipinski definition) is 3. The Balaban J connectivity index is 1.35. The number of thiophene rings is 1. The lowest BCUT2D eigenvalue weighted by Gasteiger charge is -2.22. The van der Waals surface area contributed by atoms with Crippen molar-refractivity contribution < 1.29 is 14.3 Å². The third-order valence-electron chi connectivity index (χ3n) is 5.90. The fraction of sp³-hybridized carbons (Fsp3) is 0.375. The molecule has 0 spiro atoms. The molecule has 9 nitrogen and oxygen atoms in total. The monoisotopic (exact) mass is 478 g/mol. The minimum atomic E-state index is -0.483. The molecule has 2 unspecified atom stereocenters. The van der Waals surface area contributed by atoms with Crippen molar-refractivity contribution in [1.29, 1.82) is 5.26 Å². The highest BCUT2D eigenvalue weighted by Gasteiger charge is 2.28. The van der Waals surface area contributed by atoms with E-state index in [0.29, 0.717) is 36.4 Å². The Labute approximate surface area is 201 Å². The predicted octanol–water partition coefficient (Wildman–Crippen LogP) is 3.96. The molecule has 3 aromatic heterocycles. The van der Waals surface area contributed by atoms with Gasteiger partial charge in [-0.1, -0.05) is 13.0 Å². The van der Waals surface area contributed by atoms with E-state index in [-0.39, 0.29) is 24.3 Å². The van der Waals surface area contributed by atoms with Crippen molar-refractivity contribution in [3.63, 3.8) is 0 Å². The minimum absolute atomic E-state index is 0.0385. The molecule has 0 aliphatic heterocycles. The van der Waals surface area contributed by atoms with Gasteiger partial charge in [0.15, 0.2) is 0 Å². The third kappa shape index (κ3) is 5.43. The van der Waals surface area contributed by atoms with Gasteiger partial charge in [-0.3, -0.25) is 14.9 Å². The summed E-state index contributed by atoms with van der Waals surface area (Å²) in [6, 6.07) is 7.88. The maximum Gasteiger partial charge on any atom is 0.407 e. The first-order valence-electron chi connectivity index (χ1n) is 11.1. The van der Waals surface area contributed by atoms with E-state index in [2.05, 4.69) is 31.9 Å². The number of carbonyl (C=O) groups is 2. The van der Waals surface area contributed by atoms with Crippen molar-refractivity contribution in [1.82, 2.24) is 20.5 Å². The van der Waals surface area contributed by atoms with E-state index in [4.69, 9.17) is 4.74 Å². The number of aromatic nitrogens is 3. The summed E-state index contributed by atoms with van der Waals surface area (Å²) < 4.78 is 5.60. The molecule has 1 aliphatic rings. The summed E-state index contributed by atoms with van der Waals surface area (Å²) in [5, 5.41) is 22.7. The fourth-order valence-electron chi connectivity index (χ4n) is 4.01. The van der Waals surface area contributed by atoms with E-state index < -0.39 is 6.09 Å². The summed E-state index contributed by atoms with van der Waals surface area (Å²) in [5.74, 6) is -0.196. The van der Waals surface area contributed by atoms with Crippen LogP contribution in [0.15, 0.2) is 30.6 Å². The van der Waals surface area contributed by atoms with E-state index in [1.807, 2.05) is 32.0 Å². The van der Waals surface area contributed by atoms with Gasteiger partial charge in [-0.2, -0.15) is 10.4 Å². The smallest absolute Gasteiger partial charge is 0.407 e. The van der Waals surface area contributed by atoms with Crippen LogP contribution >= 0.6 is 11.3 Å². The average Bonchev–Trinajstić information content (AvgIpc) is 3.39. The van der Waals surface area contributed by atoms with Crippen LogP contribution in [0.4, 0.5) is 9.80 Å². The summed E-state index contributed by atoms with van der Waals surface area (Å²) >= 11 is 1.39. The summed E-state index contributed by atoms with van der Waals surface area (Å²) in [7, 11) is 0. The van der Waals surface area contributed by atoms with Gasteiger partial charge in [0, 0.05) is 53.8 Å². The molecule has 0 aromatic carbocycles. The topological polar surface area (TPSA) is 133 Å². The quantitative estimate of drug-likeness (QED) is 0.471. The maximum atomic E-state index is 12.7. The van der Waals surface area contributed by atoms with Crippen molar-refractivity contribution in [2.75, 3.05) is 5.32 Å². The number of hydrogen-bond acceptors (Lipinski definition) is 7. The lowest BCUT2D eigenvalue weighted by atomic mass is 9.94. The third-order valence-corrected chi connectivity index (χ3v) is 7.07. The number of aromatic amines is 1. The molecule has 10 heteroatoms. The predicted molar refractivity (Wildman–Crippen MR) is 127 cm³/mol. The van der Waals surface area contributed by atoms with E-state index >= 15 is 0 Å². The lowest BCUT2D eigenvalue weighted by molar-refractivity contribution is -0.116. The Kier molecular flexibility index (Phi) is 7.23. The van der Waals surface area contributed by atoms with Gasteiger partial charge in [0.25, 0.3) is 0 Å². The minimum Gasteiger partial charge on any atom is -0.446 e. The molecule has 3 heterocycles. The molecule has 0 fully saturated rings. The molecule has 0 saturated carbocycles. The number of alkyl carbamates (subject to hydrolysis) is 1.